The molecular formula is C23H25N3O4. The van der Waals surface area contributed by atoms with Gasteiger partial charge in [-0.05, 0) is 37.5 Å². The third-order valence-electron chi connectivity index (χ3n) is 5.72. The van der Waals surface area contributed by atoms with E-state index in [1.807, 2.05) is 54.0 Å². The molecule has 7 heteroatoms. The highest BCUT2D eigenvalue weighted by Gasteiger charge is 2.31. The van der Waals surface area contributed by atoms with Gasteiger partial charge in [0.1, 0.15) is 5.82 Å². The number of hydrogen-bond donors (Lipinski definition) is 1. The van der Waals surface area contributed by atoms with Gasteiger partial charge < -0.3 is 14.4 Å². The van der Waals surface area contributed by atoms with E-state index in [4.69, 9.17) is 9.72 Å². The molecule has 0 fully saturated rings. The molecule has 1 amide bonds. The molecular weight excluding hydrogens is 382 g/mol. The van der Waals surface area contributed by atoms with Crippen LogP contribution in [0.3, 0.4) is 0 Å². The van der Waals surface area contributed by atoms with Crippen molar-refractivity contribution in [2.45, 2.75) is 45.2 Å². The standard InChI is InChI=1S/C23H25N3O4/c1-15-8-9-17-18(26(15)23(29)30-2)10-11-19-22(17)24-20(25(19)13-12-21(27)28)14-16-6-4-3-5-7-16/h3-7,10-11,15H,8-9,12-14H2,1-2H3,(H,27,28). The number of fused-ring (bicyclic) bond motifs is 3. The maximum Gasteiger partial charge on any atom is 0.414 e. The molecule has 2 heterocycles. The summed E-state index contributed by atoms with van der Waals surface area (Å²) >= 11 is 0. The number of ether oxygens (including phenoxy) is 1. The first-order chi connectivity index (χ1) is 14.5. The van der Waals surface area contributed by atoms with Gasteiger partial charge in [-0.2, -0.15) is 0 Å². The Morgan fingerprint density at radius 3 is 2.67 bits per heavy atom. The average molecular weight is 407 g/mol. The fourth-order valence-corrected chi connectivity index (χ4v) is 4.22. The highest BCUT2D eigenvalue weighted by molar-refractivity contribution is 5.95. The molecule has 156 valence electrons. The Bertz CT molecular complexity index is 1090. The van der Waals surface area contributed by atoms with Gasteiger partial charge in [0.2, 0.25) is 0 Å². The van der Waals surface area contributed by atoms with Crippen molar-refractivity contribution >= 4 is 28.8 Å². The van der Waals surface area contributed by atoms with Gasteiger partial charge in [0, 0.05) is 24.6 Å². The first-order valence-electron chi connectivity index (χ1n) is 10.1. The molecule has 1 N–H and O–H groups in total. The van der Waals surface area contributed by atoms with Crippen molar-refractivity contribution in [2.24, 2.45) is 0 Å². The minimum absolute atomic E-state index is 0.0235. The molecule has 4 rings (SSSR count). The van der Waals surface area contributed by atoms with E-state index < -0.39 is 5.97 Å². The molecule has 7 nitrogen and oxygen atoms in total. The van der Waals surface area contributed by atoms with Crippen LogP contribution >= 0.6 is 0 Å². The summed E-state index contributed by atoms with van der Waals surface area (Å²) in [6.07, 6.45) is 1.88. The molecule has 0 radical (unpaired) electrons. The Morgan fingerprint density at radius 1 is 1.20 bits per heavy atom. The topological polar surface area (TPSA) is 84.7 Å². The lowest BCUT2D eigenvalue weighted by atomic mass is 9.96. The van der Waals surface area contributed by atoms with Gasteiger partial charge in [-0.25, -0.2) is 9.78 Å². The monoisotopic (exact) mass is 407 g/mol. The second-order valence-electron chi connectivity index (χ2n) is 7.64. The van der Waals surface area contributed by atoms with Gasteiger partial charge in [-0.3, -0.25) is 9.69 Å². The zero-order valence-corrected chi connectivity index (χ0v) is 17.2. The smallest absolute Gasteiger partial charge is 0.414 e. The number of carboxylic acids is 1. The summed E-state index contributed by atoms with van der Waals surface area (Å²) in [5, 5.41) is 9.22. The van der Waals surface area contributed by atoms with Crippen LogP contribution in [0.15, 0.2) is 42.5 Å². The Hall–Kier alpha value is -3.35. The van der Waals surface area contributed by atoms with Gasteiger partial charge in [0.05, 0.1) is 30.3 Å². The maximum absolute atomic E-state index is 12.4. The summed E-state index contributed by atoms with van der Waals surface area (Å²) in [6.45, 7) is 2.36. The van der Waals surface area contributed by atoms with Crippen LogP contribution < -0.4 is 4.90 Å². The molecule has 0 spiro atoms. The SMILES string of the molecule is COC(=O)N1c2ccc3c(nc(Cc4ccccc4)n3CCC(=O)O)c2CCC1C. The molecule has 1 aliphatic heterocycles. The highest BCUT2D eigenvalue weighted by atomic mass is 16.5. The van der Waals surface area contributed by atoms with E-state index in [-0.39, 0.29) is 18.6 Å². The number of carboxylic acid groups (broad SMARTS) is 1. The number of carbonyl (C=O) groups is 2. The second-order valence-corrected chi connectivity index (χ2v) is 7.64. The fraction of sp³-hybridized carbons (Fsp3) is 0.348. The van der Waals surface area contributed by atoms with E-state index in [1.165, 1.54) is 7.11 Å². The van der Waals surface area contributed by atoms with Crippen LogP contribution in [0.5, 0.6) is 0 Å². The number of aryl methyl sites for hydroxylation is 2. The molecule has 0 saturated heterocycles. The van der Waals surface area contributed by atoms with Crippen LogP contribution in [0.4, 0.5) is 10.5 Å². The summed E-state index contributed by atoms with van der Waals surface area (Å²) in [4.78, 5) is 30.2. The van der Waals surface area contributed by atoms with Crippen molar-refractivity contribution in [3.8, 4) is 0 Å². The molecule has 2 aromatic carbocycles. The number of methoxy groups -OCH3 is 1. The average Bonchev–Trinajstić information content (AvgIpc) is 3.09. The van der Waals surface area contributed by atoms with E-state index in [0.29, 0.717) is 13.0 Å². The van der Waals surface area contributed by atoms with E-state index in [2.05, 4.69) is 0 Å². The van der Waals surface area contributed by atoms with Crippen molar-refractivity contribution in [1.82, 2.24) is 9.55 Å². The number of imidazole rings is 1. The van der Waals surface area contributed by atoms with Crippen LogP contribution in [0, 0.1) is 0 Å². The first-order valence-corrected chi connectivity index (χ1v) is 10.1. The molecule has 0 aliphatic carbocycles. The Morgan fingerprint density at radius 2 is 1.97 bits per heavy atom. The molecule has 1 aromatic heterocycles. The number of carbonyl (C=O) groups excluding carboxylic acids is 1. The third-order valence-corrected chi connectivity index (χ3v) is 5.72. The number of aromatic nitrogens is 2. The van der Waals surface area contributed by atoms with Crippen LogP contribution in [0.2, 0.25) is 0 Å². The molecule has 1 atom stereocenters. The molecule has 1 aliphatic rings. The van der Waals surface area contributed by atoms with E-state index >= 15 is 0 Å². The second kappa shape index (κ2) is 8.18. The van der Waals surface area contributed by atoms with Crippen LogP contribution in [0.1, 0.15) is 36.7 Å². The number of anilines is 1. The Labute approximate surface area is 174 Å². The first kappa shape index (κ1) is 19.9. The zero-order valence-electron chi connectivity index (χ0n) is 17.2. The van der Waals surface area contributed by atoms with E-state index in [1.54, 1.807) is 4.90 Å². The number of aliphatic carboxylic acids is 1. The van der Waals surface area contributed by atoms with Crippen LogP contribution in [0.25, 0.3) is 11.0 Å². The number of nitrogens with zero attached hydrogens (tertiary/aromatic N) is 3. The zero-order chi connectivity index (χ0) is 21.3. The predicted octanol–water partition coefficient (Wildman–Crippen LogP) is 4.01. The predicted molar refractivity (Wildman–Crippen MR) is 114 cm³/mol. The van der Waals surface area contributed by atoms with Gasteiger partial charge in [-0.1, -0.05) is 30.3 Å². The van der Waals surface area contributed by atoms with E-state index in [0.717, 1.165) is 46.5 Å². The molecule has 3 aromatic rings. The Kier molecular flexibility index (Phi) is 5.44. The molecule has 30 heavy (non-hydrogen) atoms. The normalized spacial score (nSPS) is 15.8. The van der Waals surface area contributed by atoms with Crippen LogP contribution in [-0.2, 0) is 28.9 Å². The van der Waals surface area contributed by atoms with Gasteiger partial charge in [-0.15, -0.1) is 0 Å². The van der Waals surface area contributed by atoms with Crippen molar-refractivity contribution in [1.29, 1.82) is 0 Å². The quantitative estimate of drug-likeness (QED) is 0.691. The molecule has 0 bridgehead atoms. The van der Waals surface area contributed by atoms with Crippen molar-refractivity contribution in [3.05, 3.63) is 59.4 Å². The highest BCUT2D eigenvalue weighted by Crippen LogP contribution is 2.36. The lowest BCUT2D eigenvalue weighted by Gasteiger charge is -2.34. The number of rotatable bonds is 5. The largest absolute Gasteiger partial charge is 0.481 e. The number of hydrogen-bond acceptors (Lipinski definition) is 4. The molecule has 0 saturated carbocycles. The summed E-state index contributed by atoms with van der Waals surface area (Å²) in [6, 6.07) is 13.9. The van der Waals surface area contributed by atoms with Gasteiger partial charge >= 0.3 is 12.1 Å². The minimum atomic E-state index is -0.842. The van der Waals surface area contributed by atoms with Gasteiger partial charge in [0.25, 0.3) is 0 Å². The summed E-state index contributed by atoms with van der Waals surface area (Å²) in [5.41, 5.74) is 4.69. The molecule has 1 unspecified atom stereocenters. The third kappa shape index (κ3) is 3.63. The summed E-state index contributed by atoms with van der Waals surface area (Å²) in [7, 11) is 1.39. The van der Waals surface area contributed by atoms with Gasteiger partial charge in [0.15, 0.2) is 0 Å². The summed E-state index contributed by atoms with van der Waals surface area (Å²) in [5.74, 6) is -0.0137. The number of benzene rings is 2. The van der Waals surface area contributed by atoms with Crippen molar-refractivity contribution < 1.29 is 19.4 Å². The maximum atomic E-state index is 12.4. The lowest BCUT2D eigenvalue weighted by Crippen LogP contribution is -2.42. The number of amides is 1. The Balaban J connectivity index is 1.84. The van der Waals surface area contributed by atoms with Crippen molar-refractivity contribution in [2.75, 3.05) is 12.0 Å². The fourth-order valence-electron chi connectivity index (χ4n) is 4.22. The van der Waals surface area contributed by atoms with E-state index in [9.17, 15) is 14.7 Å². The minimum Gasteiger partial charge on any atom is -0.481 e. The summed E-state index contributed by atoms with van der Waals surface area (Å²) < 4.78 is 7.00. The lowest BCUT2D eigenvalue weighted by molar-refractivity contribution is -0.137. The van der Waals surface area contributed by atoms with Crippen molar-refractivity contribution in [3.63, 3.8) is 0 Å². The van der Waals surface area contributed by atoms with Crippen LogP contribution in [-0.4, -0.2) is 39.9 Å².